The molecular weight excluding hydrogens is 521 g/mol. The van der Waals surface area contributed by atoms with Crippen LogP contribution in [-0.2, 0) is 14.8 Å². The maximum absolute atomic E-state index is 13.6. The number of aryl methyl sites for hydroxylation is 1. The van der Waals surface area contributed by atoms with Gasteiger partial charge in [0.2, 0.25) is 5.91 Å². The summed E-state index contributed by atoms with van der Waals surface area (Å²) in [4.78, 5) is 25.9. The third kappa shape index (κ3) is 6.37. The Bertz CT molecular complexity index is 1360. The highest BCUT2D eigenvalue weighted by atomic mass is 35.5. The van der Waals surface area contributed by atoms with Crippen molar-refractivity contribution in [2.24, 2.45) is 0 Å². The average Bonchev–Trinajstić information content (AvgIpc) is 2.85. The van der Waals surface area contributed by atoms with E-state index < -0.39 is 22.5 Å². The van der Waals surface area contributed by atoms with E-state index in [1.54, 1.807) is 42.5 Å². The van der Waals surface area contributed by atoms with Crippen molar-refractivity contribution in [3.05, 3.63) is 87.9 Å². The van der Waals surface area contributed by atoms with Gasteiger partial charge in [0.25, 0.3) is 15.9 Å². The number of para-hydroxylation sites is 1. The quantitative estimate of drug-likeness (QED) is 0.361. The maximum atomic E-state index is 13.6. The van der Waals surface area contributed by atoms with Gasteiger partial charge in [0.15, 0.2) is 0 Å². The first kappa shape index (κ1) is 27.5. The number of anilines is 2. The third-order valence-electron chi connectivity index (χ3n) is 5.53. The molecule has 2 N–H and O–H groups in total. The van der Waals surface area contributed by atoms with Gasteiger partial charge in [0.05, 0.1) is 31.9 Å². The Balaban J connectivity index is 1.96. The number of sulfonamides is 1. The Morgan fingerprint density at radius 1 is 0.972 bits per heavy atom. The summed E-state index contributed by atoms with van der Waals surface area (Å²) in [6, 6.07) is 17.3. The number of amides is 2. The molecule has 3 aromatic carbocycles. The van der Waals surface area contributed by atoms with Crippen LogP contribution in [0.15, 0.2) is 71.6 Å². The number of rotatable bonds is 9. The van der Waals surface area contributed by atoms with Crippen LogP contribution in [0.5, 0.6) is 0 Å². The Morgan fingerprint density at radius 3 is 2.31 bits per heavy atom. The molecule has 2 amide bonds. The van der Waals surface area contributed by atoms with Crippen LogP contribution in [0.3, 0.4) is 0 Å². The number of hydrogen-bond acceptors (Lipinski definition) is 4. The van der Waals surface area contributed by atoms with Crippen molar-refractivity contribution in [1.29, 1.82) is 0 Å². The van der Waals surface area contributed by atoms with Crippen molar-refractivity contribution in [2.45, 2.75) is 38.1 Å². The van der Waals surface area contributed by atoms with E-state index in [2.05, 4.69) is 10.6 Å². The number of hydrogen-bond donors (Lipinski definition) is 2. The molecule has 0 unspecified atom stereocenters. The fraction of sp³-hybridized carbons (Fsp3) is 0.231. The van der Waals surface area contributed by atoms with Gasteiger partial charge in [-0.1, -0.05) is 66.0 Å². The second-order valence-corrected chi connectivity index (χ2v) is 10.9. The summed E-state index contributed by atoms with van der Waals surface area (Å²) < 4.78 is 28.1. The van der Waals surface area contributed by atoms with Crippen LogP contribution in [0.1, 0.15) is 36.2 Å². The van der Waals surface area contributed by atoms with Crippen LogP contribution >= 0.6 is 23.2 Å². The Kier molecular flexibility index (Phi) is 9.00. The molecule has 36 heavy (non-hydrogen) atoms. The minimum absolute atomic E-state index is 0.00372. The van der Waals surface area contributed by atoms with E-state index in [1.165, 1.54) is 24.3 Å². The van der Waals surface area contributed by atoms with Gasteiger partial charge >= 0.3 is 0 Å². The predicted molar refractivity (Wildman–Crippen MR) is 144 cm³/mol. The van der Waals surface area contributed by atoms with Crippen LogP contribution in [0.4, 0.5) is 11.4 Å². The monoisotopic (exact) mass is 547 g/mol. The second kappa shape index (κ2) is 11.8. The van der Waals surface area contributed by atoms with Crippen LogP contribution in [-0.4, -0.2) is 32.8 Å². The molecule has 1 atom stereocenters. The fourth-order valence-corrected chi connectivity index (χ4v) is 5.22. The van der Waals surface area contributed by atoms with Gasteiger partial charge in [-0.15, -0.1) is 0 Å². The van der Waals surface area contributed by atoms with Gasteiger partial charge in [-0.25, -0.2) is 8.42 Å². The molecule has 3 rings (SSSR count). The molecule has 0 aliphatic heterocycles. The van der Waals surface area contributed by atoms with Crippen molar-refractivity contribution in [1.82, 2.24) is 5.32 Å². The zero-order chi connectivity index (χ0) is 26.5. The zero-order valence-electron chi connectivity index (χ0n) is 20.1. The normalized spacial score (nSPS) is 12.0. The average molecular weight is 548 g/mol. The molecule has 0 aromatic heterocycles. The number of halogens is 2. The molecule has 0 heterocycles. The highest BCUT2D eigenvalue weighted by Crippen LogP contribution is 2.35. The van der Waals surface area contributed by atoms with Gasteiger partial charge in [0, 0.05) is 6.04 Å². The number of carbonyl (C=O) groups excluding carboxylic acids is 2. The maximum Gasteiger partial charge on any atom is 0.264 e. The van der Waals surface area contributed by atoms with E-state index in [1.807, 2.05) is 20.8 Å². The van der Waals surface area contributed by atoms with Crippen LogP contribution < -0.4 is 14.9 Å². The highest BCUT2D eigenvalue weighted by Gasteiger charge is 2.29. The van der Waals surface area contributed by atoms with Crippen LogP contribution in [0, 0.1) is 6.92 Å². The smallest absolute Gasteiger partial charge is 0.264 e. The van der Waals surface area contributed by atoms with Crippen LogP contribution in [0.2, 0.25) is 10.0 Å². The minimum Gasteiger partial charge on any atom is -0.350 e. The molecule has 7 nitrogen and oxygen atoms in total. The van der Waals surface area contributed by atoms with Crippen molar-refractivity contribution < 1.29 is 18.0 Å². The topological polar surface area (TPSA) is 95.6 Å². The summed E-state index contributed by atoms with van der Waals surface area (Å²) in [7, 11) is -4.19. The van der Waals surface area contributed by atoms with Crippen molar-refractivity contribution >= 4 is 56.4 Å². The molecule has 190 valence electrons. The fourth-order valence-electron chi connectivity index (χ4n) is 3.34. The van der Waals surface area contributed by atoms with E-state index in [0.717, 1.165) is 16.3 Å². The Hall–Kier alpha value is -3.07. The van der Waals surface area contributed by atoms with Gasteiger partial charge < -0.3 is 10.6 Å². The van der Waals surface area contributed by atoms with E-state index in [4.69, 9.17) is 23.2 Å². The zero-order valence-corrected chi connectivity index (χ0v) is 22.4. The van der Waals surface area contributed by atoms with Crippen molar-refractivity contribution in [3.63, 3.8) is 0 Å². The second-order valence-electron chi connectivity index (χ2n) is 8.27. The lowest BCUT2D eigenvalue weighted by atomic mass is 10.1. The lowest BCUT2D eigenvalue weighted by molar-refractivity contribution is -0.114. The van der Waals surface area contributed by atoms with Crippen LogP contribution in [0.25, 0.3) is 0 Å². The first-order valence-corrected chi connectivity index (χ1v) is 13.5. The number of benzene rings is 3. The van der Waals surface area contributed by atoms with Gasteiger partial charge in [-0.2, -0.15) is 0 Å². The van der Waals surface area contributed by atoms with E-state index >= 15 is 0 Å². The molecular formula is C26H27Cl2N3O4S. The van der Waals surface area contributed by atoms with E-state index in [-0.39, 0.29) is 43.8 Å². The van der Waals surface area contributed by atoms with E-state index in [0.29, 0.717) is 0 Å². The van der Waals surface area contributed by atoms with Gasteiger partial charge in [-0.3, -0.25) is 13.9 Å². The Morgan fingerprint density at radius 2 is 1.64 bits per heavy atom. The summed E-state index contributed by atoms with van der Waals surface area (Å²) in [5, 5.41) is 5.67. The molecule has 0 aliphatic rings. The minimum atomic E-state index is -4.19. The molecule has 0 spiro atoms. The first-order chi connectivity index (χ1) is 17.0. The SMILES string of the molecule is CC[C@@H](C)NC(=O)c1ccccc1NC(=O)CN(c1cccc(Cl)c1Cl)S(=O)(=O)c1ccc(C)cc1. The summed E-state index contributed by atoms with van der Waals surface area (Å²) in [5.41, 5.74) is 1.46. The summed E-state index contributed by atoms with van der Waals surface area (Å²) in [6.07, 6.45) is 0.743. The predicted octanol–water partition coefficient (Wildman–Crippen LogP) is 5.66. The summed E-state index contributed by atoms with van der Waals surface area (Å²) in [5.74, 6) is -1.01. The van der Waals surface area contributed by atoms with Gasteiger partial charge in [-0.05, 0) is 56.7 Å². The lowest BCUT2D eigenvalue weighted by Gasteiger charge is -2.25. The number of nitrogens with one attached hydrogen (secondary N) is 2. The Labute approximate surface area is 221 Å². The molecule has 10 heteroatoms. The standard InChI is InChI=1S/C26H27Cl2N3O4S/c1-4-18(3)29-26(33)20-8-5-6-10-22(20)30-24(32)16-31(23-11-7-9-21(27)25(23)28)36(34,35)19-14-12-17(2)13-15-19/h5-15,18H,4,16H2,1-3H3,(H,29,33)(H,30,32)/t18-/m1/s1. The van der Waals surface area contributed by atoms with E-state index in [9.17, 15) is 18.0 Å². The van der Waals surface area contributed by atoms with Gasteiger partial charge in [0.1, 0.15) is 6.54 Å². The summed E-state index contributed by atoms with van der Waals surface area (Å²) in [6.45, 7) is 5.06. The number of carbonyl (C=O) groups is 2. The molecule has 0 fully saturated rings. The molecule has 0 saturated heterocycles. The van der Waals surface area contributed by atoms with Crippen molar-refractivity contribution in [2.75, 3.05) is 16.2 Å². The molecule has 0 bridgehead atoms. The molecule has 3 aromatic rings. The molecule has 0 saturated carbocycles. The largest absolute Gasteiger partial charge is 0.350 e. The summed E-state index contributed by atoms with van der Waals surface area (Å²) >= 11 is 12.5. The molecule has 0 aliphatic carbocycles. The molecule has 0 radical (unpaired) electrons. The third-order valence-corrected chi connectivity index (χ3v) is 8.11. The van der Waals surface area contributed by atoms with Crippen molar-refractivity contribution in [3.8, 4) is 0 Å². The lowest BCUT2D eigenvalue weighted by Crippen LogP contribution is -2.39. The number of nitrogens with zero attached hydrogens (tertiary/aromatic N) is 1. The first-order valence-electron chi connectivity index (χ1n) is 11.3. The highest BCUT2D eigenvalue weighted by molar-refractivity contribution is 7.92.